The average molecular weight is 345 g/mol. The molecule has 2 rings (SSSR count). The summed E-state index contributed by atoms with van der Waals surface area (Å²) in [5.41, 5.74) is 6.85. The second kappa shape index (κ2) is 6.52. The van der Waals surface area contributed by atoms with Crippen molar-refractivity contribution in [1.82, 2.24) is 4.90 Å². The second-order valence-corrected chi connectivity index (χ2v) is 6.72. The third-order valence-corrected chi connectivity index (χ3v) is 4.67. The molecule has 5 heteroatoms. The van der Waals surface area contributed by atoms with Crippen LogP contribution in [-0.4, -0.2) is 42.8 Å². The SMILES string of the molecule is CC(C)(C(N)Cc1cc(Br)ccc1F)N1CCOCC1. The van der Waals surface area contributed by atoms with Crippen molar-refractivity contribution in [3.63, 3.8) is 0 Å². The highest BCUT2D eigenvalue weighted by Gasteiger charge is 2.34. The summed E-state index contributed by atoms with van der Waals surface area (Å²) in [5, 5.41) is 0. The number of hydrogen-bond donors (Lipinski definition) is 1. The van der Waals surface area contributed by atoms with Crippen molar-refractivity contribution >= 4 is 15.9 Å². The van der Waals surface area contributed by atoms with Crippen LogP contribution in [0.1, 0.15) is 19.4 Å². The molecule has 20 heavy (non-hydrogen) atoms. The average Bonchev–Trinajstić information content (AvgIpc) is 2.43. The van der Waals surface area contributed by atoms with Crippen molar-refractivity contribution in [3.8, 4) is 0 Å². The topological polar surface area (TPSA) is 38.5 Å². The number of ether oxygens (including phenoxy) is 1. The fourth-order valence-corrected chi connectivity index (χ4v) is 2.97. The lowest BCUT2D eigenvalue weighted by atomic mass is 9.87. The van der Waals surface area contributed by atoms with Gasteiger partial charge in [-0.05, 0) is 44.0 Å². The van der Waals surface area contributed by atoms with Crippen molar-refractivity contribution < 1.29 is 9.13 Å². The number of nitrogens with two attached hydrogens (primary N) is 1. The van der Waals surface area contributed by atoms with Gasteiger partial charge in [0.25, 0.3) is 0 Å². The van der Waals surface area contributed by atoms with Crippen LogP contribution in [0, 0.1) is 5.82 Å². The first-order valence-electron chi connectivity index (χ1n) is 6.93. The standard InChI is InChI=1S/C15H22BrFN2O/c1-15(2,19-5-7-20-8-6-19)14(18)10-11-9-12(16)3-4-13(11)17/h3-4,9,14H,5-8,10,18H2,1-2H3. The lowest BCUT2D eigenvalue weighted by Gasteiger charge is -2.44. The van der Waals surface area contributed by atoms with Crippen molar-refractivity contribution in [3.05, 3.63) is 34.1 Å². The number of benzene rings is 1. The summed E-state index contributed by atoms with van der Waals surface area (Å²) < 4.78 is 20.1. The summed E-state index contributed by atoms with van der Waals surface area (Å²) in [7, 11) is 0. The van der Waals surface area contributed by atoms with Gasteiger partial charge in [-0.1, -0.05) is 15.9 Å². The minimum Gasteiger partial charge on any atom is -0.379 e. The van der Waals surface area contributed by atoms with Crippen molar-refractivity contribution in [2.45, 2.75) is 31.8 Å². The lowest BCUT2D eigenvalue weighted by molar-refractivity contribution is -0.0186. The highest BCUT2D eigenvalue weighted by Crippen LogP contribution is 2.24. The zero-order valence-corrected chi connectivity index (χ0v) is 13.6. The number of morpholine rings is 1. The molecule has 112 valence electrons. The van der Waals surface area contributed by atoms with Crippen LogP contribution in [0.25, 0.3) is 0 Å². The van der Waals surface area contributed by atoms with Gasteiger partial charge in [-0.25, -0.2) is 4.39 Å². The zero-order valence-electron chi connectivity index (χ0n) is 12.0. The van der Waals surface area contributed by atoms with Crippen LogP contribution in [0.4, 0.5) is 4.39 Å². The maximum absolute atomic E-state index is 13.9. The third kappa shape index (κ3) is 3.58. The number of rotatable bonds is 4. The Morgan fingerprint density at radius 2 is 2.05 bits per heavy atom. The van der Waals surface area contributed by atoms with E-state index in [1.54, 1.807) is 6.07 Å². The van der Waals surface area contributed by atoms with E-state index in [4.69, 9.17) is 10.5 Å². The lowest BCUT2D eigenvalue weighted by Crippen LogP contribution is -2.59. The fourth-order valence-electron chi connectivity index (χ4n) is 2.56. The number of hydrogen-bond acceptors (Lipinski definition) is 3. The van der Waals surface area contributed by atoms with Gasteiger partial charge in [-0.15, -0.1) is 0 Å². The monoisotopic (exact) mass is 344 g/mol. The van der Waals surface area contributed by atoms with E-state index in [1.165, 1.54) is 6.07 Å². The summed E-state index contributed by atoms with van der Waals surface area (Å²) in [5.74, 6) is -0.193. The van der Waals surface area contributed by atoms with Gasteiger partial charge in [0, 0.05) is 29.1 Å². The molecular formula is C15H22BrFN2O. The Morgan fingerprint density at radius 1 is 1.40 bits per heavy atom. The van der Waals surface area contributed by atoms with Crippen molar-refractivity contribution in [2.75, 3.05) is 26.3 Å². The molecule has 1 fully saturated rings. The van der Waals surface area contributed by atoms with Crippen LogP contribution in [-0.2, 0) is 11.2 Å². The van der Waals surface area contributed by atoms with E-state index in [2.05, 4.69) is 34.7 Å². The van der Waals surface area contributed by atoms with Gasteiger partial charge >= 0.3 is 0 Å². The van der Waals surface area contributed by atoms with Gasteiger partial charge in [0.15, 0.2) is 0 Å². The minimum atomic E-state index is -0.193. The van der Waals surface area contributed by atoms with Gasteiger partial charge in [-0.3, -0.25) is 4.90 Å². The van der Waals surface area contributed by atoms with Crippen LogP contribution in [0.3, 0.4) is 0 Å². The first-order chi connectivity index (χ1) is 9.41. The molecule has 1 atom stereocenters. The van der Waals surface area contributed by atoms with Crippen molar-refractivity contribution in [2.24, 2.45) is 5.73 Å². The van der Waals surface area contributed by atoms with E-state index in [1.807, 2.05) is 6.07 Å². The first-order valence-corrected chi connectivity index (χ1v) is 7.73. The molecular weight excluding hydrogens is 323 g/mol. The molecule has 1 aromatic carbocycles. The van der Waals surface area contributed by atoms with Crippen LogP contribution < -0.4 is 5.73 Å². The Balaban J connectivity index is 2.09. The smallest absolute Gasteiger partial charge is 0.126 e. The molecule has 0 aromatic heterocycles. The quantitative estimate of drug-likeness (QED) is 0.912. The molecule has 1 aliphatic heterocycles. The highest BCUT2D eigenvalue weighted by molar-refractivity contribution is 9.10. The van der Waals surface area contributed by atoms with E-state index < -0.39 is 0 Å². The molecule has 1 saturated heterocycles. The molecule has 3 nitrogen and oxygen atoms in total. The Hall–Kier alpha value is -0.490. The summed E-state index contributed by atoms with van der Waals surface area (Å²) >= 11 is 3.38. The summed E-state index contributed by atoms with van der Waals surface area (Å²) in [6.45, 7) is 7.48. The zero-order chi connectivity index (χ0) is 14.8. The normalized spacial score (nSPS) is 19.1. The van der Waals surface area contributed by atoms with Crippen LogP contribution in [0.5, 0.6) is 0 Å². The van der Waals surface area contributed by atoms with Gasteiger partial charge in [0.05, 0.1) is 13.2 Å². The highest BCUT2D eigenvalue weighted by atomic mass is 79.9. The van der Waals surface area contributed by atoms with Crippen molar-refractivity contribution in [1.29, 1.82) is 0 Å². The largest absolute Gasteiger partial charge is 0.379 e. The molecule has 1 aromatic rings. The van der Waals surface area contributed by atoms with Gasteiger partial charge in [0.1, 0.15) is 5.82 Å². The van der Waals surface area contributed by atoms with E-state index in [-0.39, 0.29) is 17.4 Å². The molecule has 0 bridgehead atoms. The Bertz CT molecular complexity index is 461. The molecule has 1 heterocycles. The minimum absolute atomic E-state index is 0.135. The maximum atomic E-state index is 13.9. The molecule has 1 aliphatic rings. The second-order valence-electron chi connectivity index (χ2n) is 5.80. The maximum Gasteiger partial charge on any atom is 0.126 e. The Morgan fingerprint density at radius 3 is 2.70 bits per heavy atom. The van der Waals surface area contributed by atoms with Gasteiger partial charge < -0.3 is 10.5 Å². The van der Waals surface area contributed by atoms with Crippen LogP contribution in [0.15, 0.2) is 22.7 Å². The molecule has 2 N–H and O–H groups in total. The Kier molecular flexibility index (Phi) is 5.18. The molecule has 0 aliphatic carbocycles. The number of halogens is 2. The predicted octanol–water partition coefficient (Wildman–Crippen LogP) is 2.57. The van der Waals surface area contributed by atoms with Crippen LogP contribution >= 0.6 is 15.9 Å². The molecule has 0 saturated carbocycles. The van der Waals surface area contributed by atoms with E-state index >= 15 is 0 Å². The van der Waals surface area contributed by atoms with E-state index in [0.717, 1.165) is 30.8 Å². The van der Waals surface area contributed by atoms with Gasteiger partial charge in [-0.2, -0.15) is 0 Å². The molecule has 0 amide bonds. The van der Waals surface area contributed by atoms with Crippen LogP contribution in [0.2, 0.25) is 0 Å². The summed E-state index contributed by atoms with van der Waals surface area (Å²) in [6, 6.07) is 4.86. The molecule has 0 spiro atoms. The Labute approximate surface area is 128 Å². The number of nitrogens with zero attached hydrogens (tertiary/aromatic N) is 1. The van der Waals surface area contributed by atoms with Gasteiger partial charge in [0.2, 0.25) is 0 Å². The summed E-state index contributed by atoms with van der Waals surface area (Å²) in [6.07, 6.45) is 0.523. The predicted molar refractivity (Wildman–Crippen MR) is 82.3 cm³/mol. The van der Waals surface area contributed by atoms with E-state index in [9.17, 15) is 4.39 Å². The van der Waals surface area contributed by atoms with E-state index in [0.29, 0.717) is 12.0 Å². The molecule has 0 radical (unpaired) electrons. The molecule has 1 unspecified atom stereocenters. The third-order valence-electron chi connectivity index (χ3n) is 4.18. The fraction of sp³-hybridized carbons (Fsp3) is 0.600. The summed E-state index contributed by atoms with van der Waals surface area (Å²) in [4.78, 5) is 2.33. The first kappa shape index (κ1) is 15.9.